The van der Waals surface area contributed by atoms with Gasteiger partial charge in [-0.1, -0.05) is 6.07 Å². The second-order valence-electron chi connectivity index (χ2n) is 6.50. The van der Waals surface area contributed by atoms with Crippen LogP contribution in [0.5, 0.6) is 0 Å². The molecule has 24 heavy (non-hydrogen) atoms. The van der Waals surface area contributed by atoms with Crippen LogP contribution in [0.3, 0.4) is 0 Å². The first-order valence-electron chi connectivity index (χ1n) is 8.36. The van der Waals surface area contributed by atoms with Gasteiger partial charge in [0.25, 0.3) is 0 Å². The number of aromatic nitrogens is 4. The van der Waals surface area contributed by atoms with Crippen LogP contribution in [0.25, 0.3) is 11.0 Å². The monoisotopic (exact) mass is 323 g/mol. The number of nitrogens with one attached hydrogen (secondary N) is 1. The van der Waals surface area contributed by atoms with Crippen LogP contribution >= 0.6 is 0 Å². The Morgan fingerprint density at radius 3 is 2.83 bits per heavy atom. The van der Waals surface area contributed by atoms with Crippen molar-refractivity contribution in [3.8, 4) is 0 Å². The summed E-state index contributed by atoms with van der Waals surface area (Å²) in [5.41, 5.74) is 2.97. The maximum atomic E-state index is 10.3. The molecule has 0 bridgehead atoms. The zero-order valence-electron chi connectivity index (χ0n) is 13.4. The minimum absolute atomic E-state index is 0.128. The molecule has 0 saturated heterocycles. The standard InChI is InChI=1S/C18H21N5O/c24-18-10-14(12-23-7-1-4-22-23)9-17(18)21-11-13-2-3-15-16(8-13)20-6-5-19-15/h1-8,14,17-18,21,24H,9-12H2/t14?,17-,18-/m1/s1. The van der Waals surface area contributed by atoms with Crippen LogP contribution in [-0.4, -0.2) is 37.0 Å². The highest BCUT2D eigenvalue weighted by molar-refractivity contribution is 5.74. The minimum Gasteiger partial charge on any atom is -0.391 e. The lowest BCUT2D eigenvalue weighted by molar-refractivity contribution is 0.145. The van der Waals surface area contributed by atoms with Crippen molar-refractivity contribution in [2.75, 3.05) is 0 Å². The Balaban J connectivity index is 1.36. The molecule has 0 radical (unpaired) electrons. The molecule has 2 aromatic heterocycles. The van der Waals surface area contributed by atoms with Crippen LogP contribution in [0.2, 0.25) is 0 Å². The van der Waals surface area contributed by atoms with Gasteiger partial charge in [0, 0.05) is 43.9 Å². The third-order valence-electron chi connectivity index (χ3n) is 4.73. The zero-order valence-corrected chi connectivity index (χ0v) is 13.4. The van der Waals surface area contributed by atoms with E-state index in [-0.39, 0.29) is 12.1 Å². The van der Waals surface area contributed by atoms with E-state index in [1.165, 1.54) is 0 Å². The van der Waals surface area contributed by atoms with Gasteiger partial charge in [0.1, 0.15) is 0 Å². The third kappa shape index (κ3) is 3.29. The Bertz CT molecular complexity index is 804. The van der Waals surface area contributed by atoms with Crippen LogP contribution < -0.4 is 5.32 Å². The highest BCUT2D eigenvalue weighted by Crippen LogP contribution is 2.27. The molecular formula is C18H21N5O. The first-order chi connectivity index (χ1) is 11.8. The maximum Gasteiger partial charge on any atom is 0.0890 e. The van der Waals surface area contributed by atoms with E-state index in [1.807, 2.05) is 23.0 Å². The van der Waals surface area contributed by atoms with E-state index in [0.29, 0.717) is 5.92 Å². The van der Waals surface area contributed by atoms with Crippen molar-refractivity contribution in [1.82, 2.24) is 25.1 Å². The molecule has 2 heterocycles. The fourth-order valence-corrected chi connectivity index (χ4v) is 3.53. The number of hydrogen-bond donors (Lipinski definition) is 2. The van der Waals surface area contributed by atoms with Crippen molar-refractivity contribution in [3.05, 3.63) is 54.6 Å². The fourth-order valence-electron chi connectivity index (χ4n) is 3.53. The van der Waals surface area contributed by atoms with E-state index in [2.05, 4.69) is 32.5 Å². The zero-order chi connectivity index (χ0) is 16.4. The smallest absolute Gasteiger partial charge is 0.0890 e. The summed E-state index contributed by atoms with van der Waals surface area (Å²) in [4.78, 5) is 8.63. The van der Waals surface area contributed by atoms with Gasteiger partial charge in [0.05, 0.1) is 17.1 Å². The molecule has 1 aromatic carbocycles. The van der Waals surface area contributed by atoms with Crippen LogP contribution in [0.1, 0.15) is 18.4 Å². The fraction of sp³-hybridized carbons (Fsp3) is 0.389. The average molecular weight is 323 g/mol. The van der Waals surface area contributed by atoms with Crippen molar-refractivity contribution in [3.63, 3.8) is 0 Å². The van der Waals surface area contributed by atoms with Gasteiger partial charge in [-0.2, -0.15) is 5.10 Å². The lowest BCUT2D eigenvalue weighted by Gasteiger charge is -2.16. The molecule has 1 fully saturated rings. The van der Waals surface area contributed by atoms with Gasteiger partial charge >= 0.3 is 0 Å². The summed E-state index contributed by atoms with van der Waals surface area (Å²) in [6.45, 7) is 1.59. The van der Waals surface area contributed by atoms with E-state index in [1.54, 1.807) is 18.6 Å². The van der Waals surface area contributed by atoms with Gasteiger partial charge in [-0.3, -0.25) is 14.6 Å². The Kier molecular flexibility index (Phi) is 4.23. The lowest BCUT2D eigenvalue weighted by Crippen LogP contribution is -2.35. The molecule has 0 aliphatic heterocycles. The predicted octanol–water partition coefficient (Wildman–Crippen LogP) is 1.76. The van der Waals surface area contributed by atoms with Gasteiger partial charge in [-0.25, -0.2) is 0 Å². The molecular weight excluding hydrogens is 302 g/mol. The summed E-state index contributed by atoms with van der Waals surface area (Å²) >= 11 is 0. The van der Waals surface area contributed by atoms with E-state index in [9.17, 15) is 5.11 Å². The summed E-state index contributed by atoms with van der Waals surface area (Å²) in [5, 5.41) is 18.1. The Morgan fingerprint density at radius 1 is 1.12 bits per heavy atom. The molecule has 3 aromatic rings. The maximum absolute atomic E-state index is 10.3. The van der Waals surface area contributed by atoms with Gasteiger partial charge in [-0.15, -0.1) is 0 Å². The second-order valence-corrected chi connectivity index (χ2v) is 6.50. The summed E-state index contributed by atoms with van der Waals surface area (Å²) in [6.07, 6.45) is 8.67. The largest absolute Gasteiger partial charge is 0.391 e. The van der Waals surface area contributed by atoms with E-state index in [0.717, 1.165) is 42.5 Å². The normalized spacial score (nSPS) is 23.8. The molecule has 2 N–H and O–H groups in total. The average Bonchev–Trinajstić information content (AvgIpc) is 3.23. The van der Waals surface area contributed by atoms with Gasteiger partial charge in [-0.05, 0) is 42.5 Å². The number of fused-ring (bicyclic) bond motifs is 1. The van der Waals surface area contributed by atoms with Crippen LogP contribution in [-0.2, 0) is 13.1 Å². The quantitative estimate of drug-likeness (QED) is 0.748. The molecule has 3 atom stereocenters. The van der Waals surface area contributed by atoms with Crippen LogP contribution in [0.4, 0.5) is 0 Å². The minimum atomic E-state index is -0.300. The Labute approximate surface area is 140 Å². The number of benzene rings is 1. The SMILES string of the molecule is O[C@@H]1CC(Cn2cccn2)C[C@H]1NCc1ccc2nccnc2c1. The van der Waals surface area contributed by atoms with Crippen LogP contribution in [0, 0.1) is 5.92 Å². The molecule has 1 saturated carbocycles. The molecule has 6 heteroatoms. The van der Waals surface area contributed by atoms with Crippen molar-refractivity contribution in [2.45, 2.75) is 38.1 Å². The third-order valence-corrected chi connectivity index (χ3v) is 4.73. The van der Waals surface area contributed by atoms with Crippen LogP contribution in [0.15, 0.2) is 49.1 Å². The molecule has 0 spiro atoms. The summed E-state index contributed by atoms with van der Waals surface area (Å²) < 4.78 is 1.95. The number of hydrogen-bond acceptors (Lipinski definition) is 5. The topological polar surface area (TPSA) is 75.9 Å². The summed E-state index contributed by atoms with van der Waals surface area (Å²) in [7, 11) is 0. The molecule has 1 aliphatic rings. The highest BCUT2D eigenvalue weighted by Gasteiger charge is 2.32. The molecule has 124 valence electrons. The van der Waals surface area contributed by atoms with Crippen molar-refractivity contribution < 1.29 is 5.11 Å². The predicted molar refractivity (Wildman–Crippen MR) is 91.1 cm³/mol. The number of aliphatic hydroxyl groups is 1. The van der Waals surface area contributed by atoms with Gasteiger partial charge in [0.15, 0.2) is 0 Å². The van der Waals surface area contributed by atoms with E-state index < -0.39 is 0 Å². The van der Waals surface area contributed by atoms with Gasteiger partial charge in [0.2, 0.25) is 0 Å². The molecule has 1 aliphatic carbocycles. The van der Waals surface area contributed by atoms with Crippen molar-refractivity contribution in [1.29, 1.82) is 0 Å². The first-order valence-corrected chi connectivity index (χ1v) is 8.36. The van der Waals surface area contributed by atoms with Gasteiger partial charge < -0.3 is 10.4 Å². The summed E-state index contributed by atoms with van der Waals surface area (Å²) in [5.74, 6) is 0.458. The van der Waals surface area contributed by atoms with Crippen molar-refractivity contribution >= 4 is 11.0 Å². The number of aliphatic hydroxyl groups excluding tert-OH is 1. The molecule has 0 amide bonds. The summed E-state index contributed by atoms with van der Waals surface area (Å²) in [6, 6.07) is 8.17. The van der Waals surface area contributed by atoms with E-state index >= 15 is 0 Å². The molecule has 1 unspecified atom stereocenters. The molecule has 6 nitrogen and oxygen atoms in total. The lowest BCUT2D eigenvalue weighted by atomic mass is 10.1. The Hall–Kier alpha value is -2.31. The second kappa shape index (κ2) is 6.67. The molecule has 4 rings (SSSR count). The van der Waals surface area contributed by atoms with Crippen molar-refractivity contribution in [2.24, 2.45) is 5.92 Å². The number of nitrogens with zero attached hydrogens (tertiary/aromatic N) is 4. The Morgan fingerprint density at radius 2 is 2.00 bits per heavy atom. The first kappa shape index (κ1) is 15.2. The number of rotatable bonds is 5. The van der Waals surface area contributed by atoms with E-state index in [4.69, 9.17) is 0 Å². The highest BCUT2D eigenvalue weighted by atomic mass is 16.3.